The van der Waals surface area contributed by atoms with Crippen molar-refractivity contribution in [2.24, 2.45) is 17.8 Å². The Morgan fingerprint density at radius 2 is 1.69 bits per heavy atom. The van der Waals surface area contributed by atoms with E-state index in [-0.39, 0.29) is 41.8 Å². The molecule has 62 heavy (non-hydrogen) atoms. The number of carbonyl (C=O) groups excluding carboxylic acids is 3. The van der Waals surface area contributed by atoms with Crippen molar-refractivity contribution in [2.45, 2.75) is 96.9 Å². The number of hydrogen-bond acceptors (Lipinski definition) is 11. The number of aliphatic hydroxyl groups is 1. The zero-order chi connectivity index (χ0) is 44.0. The van der Waals surface area contributed by atoms with Crippen molar-refractivity contribution in [2.75, 3.05) is 34.5 Å². The Bertz CT molecular complexity index is 2460. The van der Waals surface area contributed by atoms with E-state index in [1.165, 1.54) is 14.2 Å². The molecule has 330 valence electrons. The quantitative estimate of drug-likeness (QED) is 0.0885. The number of aromatic nitrogens is 4. The minimum atomic E-state index is -0.944. The second kappa shape index (κ2) is 17.6. The van der Waals surface area contributed by atoms with Gasteiger partial charge in [0.05, 0.1) is 61.9 Å². The van der Waals surface area contributed by atoms with Crippen LogP contribution in [-0.2, 0) is 25.6 Å². The van der Waals surface area contributed by atoms with Crippen molar-refractivity contribution in [3.05, 3.63) is 65.9 Å². The molecule has 2 aromatic heterocycles. The number of aromatic amines is 2. The number of rotatable bonds is 12. The summed E-state index contributed by atoms with van der Waals surface area (Å²) in [5, 5.41) is 19.3. The maximum Gasteiger partial charge on any atom is 0.407 e. The Morgan fingerprint density at radius 3 is 2.42 bits per heavy atom. The number of fused-ring (bicyclic) bond motifs is 6. The summed E-state index contributed by atoms with van der Waals surface area (Å²) in [5.41, 5.74) is 6.61. The van der Waals surface area contributed by atoms with Gasteiger partial charge in [-0.1, -0.05) is 45.9 Å². The number of carbonyl (C=O) groups is 3. The molecule has 3 aliphatic rings. The van der Waals surface area contributed by atoms with Crippen LogP contribution < -0.4 is 15.4 Å². The third-order valence-electron chi connectivity index (χ3n) is 12.9. The van der Waals surface area contributed by atoms with Crippen molar-refractivity contribution >= 4 is 39.9 Å². The molecule has 3 aromatic carbocycles. The number of benzene rings is 3. The van der Waals surface area contributed by atoms with Gasteiger partial charge in [0.1, 0.15) is 36.3 Å². The van der Waals surface area contributed by atoms with Crippen molar-refractivity contribution in [3.63, 3.8) is 0 Å². The second-order valence-corrected chi connectivity index (χ2v) is 17.6. The number of methoxy groups -OCH3 is 3. The smallest absolute Gasteiger partial charge is 0.407 e. The molecule has 7 atom stereocenters. The van der Waals surface area contributed by atoms with Crippen LogP contribution in [-0.4, -0.2) is 112 Å². The zero-order valence-corrected chi connectivity index (χ0v) is 36.7. The average molecular weight is 851 g/mol. The number of H-pyrrole nitrogens is 2. The van der Waals surface area contributed by atoms with Gasteiger partial charge in [0.15, 0.2) is 0 Å². The van der Waals surface area contributed by atoms with Crippen LogP contribution in [0.15, 0.2) is 48.7 Å². The maximum absolute atomic E-state index is 14.0. The van der Waals surface area contributed by atoms with Gasteiger partial charge in [-0.2, -0.15) is 0 Å². The lowest BCUT2D eigenvalue weighted by molar-refractivity contribution is -0.135. The molecule has 8 rings (SSSR count). The molecule has 16 heteroatoms. The highest BCUT2D eigenvalue weighted by molar-refractivity contribution is 6.07. The van der Waals surface area contributed by atoms with Gasteiger partial charge in [0.25, 0.3) is 0 Å². The SMILES string of the molecule is COCC1C[C@@H](c2ncc(-c3ccc4c(c3)COc3cc5c(ccc6nc([C@@H]7CC[C@H](C)N7C(O)[C@@H](NC(=O)OC)C(C)C)[nH]c65)cc3-4)[nH]2)N(C(=O)C(NC(=O)OC)C(C)C)C1. The summed E-state index contributed by atoms with van der Waals surface area (Å²) in [5.74, 6) is 1.96. The van der Waals surface area contributed by atoms with Crippen LogP contribution in [0.3, 0.4) is 0 Å². The average Bonchev–Trinajstić information content (AvgIpc) is 4.09. The van der Waals surface area contributed by atoms with Gasteiger partial charge in [0, 0.05) is 36.6 Å². The molecule has 2 saturated heterocycles. The van der Waals surface area contributed by atoms with Gasteiger partial charge < -0.3 is 49.6 Å². The first-order valence-electron chi connectivity index (χ1n) is 21.5. The van der Waals surface area contributed by atoms with Crippen LogP contribution in [0.4, 0.5) is 9.59 Å². The minimum absolute atomic E-state index is 0.0392. The zero-order valence-electron chi connectivity index (χ0n) is 36.7. The third-order valence-corrected chi connectivity index (χ3v) is 12.9. The first kappa shape index (κ1) is 43.0. The summed E-state index contributed by atoms with van der Waals surface area (Å²) in [6.07, 6.45) is 1.98. The molecular formula is C46H58N8O8. The third kappa shape index (κ3) is 8.06. The Hall–Kier alpha value is -5.71. The molecule has 0 radical (unpaired) electrons. The van der Waals surface area contributed by atoms with E-state index >= 15 is 0 Å². The summed E-state index contributed by atoms with van der Waals surface area (Å²) in [7, 11) is 4.27. The van der Waals surface area contributed by atoms with Crippen molar-refractivity contribution in [3.8, 4) is 28.1 Å². The molecule has 5 N–H and O–H groups in total. The fourth-order valence-corrected chi connectivity index (χ4v) is 9.64. The molecule has 3 amide bonds. The van der Waals surface area contributed by atoms with Crippen molar-refractivity contribution in [1.29, 1.82) is 0 Å². The molecule has 0 aliphatic carbocycles. The lowest BCUT2D eigenvalue weighted by Crippen LogP contribution is -2.55. The van der Waals surface area contributed by atoms with E-state index < -0.39 is 30.5 Å². The van der Waals surface area contributed by atoms with Gasteiger partial charge in [-0.25, -0.2) is 19.6 Å². The Morgan fingerprint density at radius 1 is 0.919 bits per heavy atom. The van der Waals surface area contributed by atoms with Crippen LogP contribution in [0, 0.1) is 17.8 Å². The van der Waals surface area contributed by atoms with Crippen LogP contribution in [0.2, 0.25) is 0 Å². The highest BCUT2D eigenvalue weighted by atomic mass is 16.5. The molecule has 5 heterocycles. The first-order chi connectivity index (χ1) is 29.8. The van der Waals surface area contributed by atoms with Crippen molar-refractivity contribution < 1.29 is 38.4 Å². The van der Waals surface area contributed by atoms with Crippen LogP contribution in [0.1, 0.15) is 83.2 Å². The van der Waals surface area contributed by atoms with E-state index in [4.69, 9.17) is 28.9 Å². The summed E-state index contributed by atoms with van der Waals surface area (Å²) in [4.78, 5) is 59.1. The van der Waals surface area contributed by atoms with Gasteiger partial charge in [-0.3, -0.25) is 9.69 Å². The Kier molecular flexibility index (Phi) is 12.2. The lowest BCUT2D eigenvalue weighted by Gasteiger charge is -2.38. The monoisotopic (exact) mass is 850 g/mol. The van der Waals surface area contributed by atoms with Crippen molar-refractivity contribution in [1.82, 2.24) is 40.4 Å². The molecular weight excluding hydrogens is 793 g/mol. The number of amides is 3. The van der Waals surface area contributed by atoms with E-state index in [0.29, 0.717) is 32.0 Å². The predicted molar refractivity (Wildman–Crippen MR) is 233 cm³/mol. The van der Waals surface area contributed by atoms with E-state index in [1.54, 1.807) is 18.2 Å². The van der Waals surface area contributed by atoms with E-state index in [2.05, 4.69) is 68.8 Å². The standard InChI is InChI=1S/C46H58N8O8/c1-23(2)38(51-45(57)60-7)43(55)53-20-26(21-59-6)15-36(53)41-47-19-34(49-41)28-10-12-30-29(16-28)22-62-37-18-31-27(17-32(30)37)11-13-33-40(31)50-42(48-33)35-14-9-25(5)54(35)44(56)39(24(3)4)52-46(58)61-8/h10-13,16-19,23-26,35-36,38-39,44,56H,9,14-15,20-22H2,1-8H3,(H,47,49)(H,48,50)(H,51,57)(H,52,58)/t25-,26?,35-,36-,38?,39-,44?/m0/s1. The number of alkyl carbamates (subject to hydrolysis) is 2. The maximum atomic E-state index is 14.0. The highest BCUT2D eigenvalue weighted by Gasteiger charge is 2.43. The Labute approximate surface area is 361 Å². The van der Waals surface area contributed by atoms with E-state index in [0.717, 1.165) is 74.2 Å². The summed E-state index contributed by atoms with van der Waals surface area (Å²) in [6.45, 7) is 11.2. The summed E-state index contributed by atoms with van der Waals surface area (Å²) in [6, 6.07) is 13.0. The number of ether oxygens (including phenoxy) is 4. The number of imidazole rings is 2. The number of aliphatic hydroxyl groups excluding tert-OH is 1. The fourth-order valence-electron chi connectivity index (χ4n) is 9.64. The molecule has 2 fully saturated rings. The summed E-state index contributed by atoms with van der Waals surface area (Å²) >= 11 is 0. The van der Waals surface area contributed by atoms with E-state index in [1.807, 2.05) is 33.8 Å². The largest absolute Gasteiger partial charge is 0.488 e. The first-order valence-corrected chi connectivity index (χ1v) is 21.5. The topological polar surface area (TPSA) is 196 Å². The predicted octanol–water partition coefficient (Wildman–Crippen LogP) is 6.81. The van der Waals surface area contributed by atoms with Gasteiger partial charge in [0.2, 0.25) is 5.91 Å². The van der Waals surface area contributed by atoms with Gasteiger partial charge in [-0.05, 0) is 84.4 Å². The minimum Gasteiger partial charge on any atom is -0.488 e. The van der Waals surface area contributed by atoms with Crippen LogP contribution >= 0.6 is 0 Å². The molecule has 0 saturated carbocycles. The Balaban J connectivity index is 1.05. The molecule has 3 unspecified atom stereocenters. The number of likely N-dealkylation sites (tertiary alicyclic amines) is 2. The van der Waals surface area contributed by atoms with E-state index in [9.17, 15) is 19.5 Å². The molecule has 0 bridgehead atoms. The number of nitrogens with one attached hydrogen (secondary N) is 4. The molecule has 3 aliphatic heterocycles. The van der Waals surface area contributed by atoms with Gasteiger partial charge >= 0.3 is 12.2 Å². The lowest BCUT2D eigenvalue weighted by atomic mass is 9.92. The molecule has 5 aromatic rings. The highest BCUT2D eigenvalue weighted by Crippen LogP contribution is 2.44. The molecule has 0 spiro atoms. The van der Waals surface area contributed by atoms with Crippen LogP contribution in [0.5, 0.6) is 5.75 Å². The fraction of sp³-hybridized carbons (Fsp3) is 0.500. The van der Waals surface area contributed by atoms with Crippen LogP contribution in [0.25, 0.3) is 44.2 Å². The number of nitrogens with zero attached hydrogens (tertiary/aromatic N) is 4. The normalized spacial score (nSPS) is 21.4. The number of hydrogen-bond donors (Lipinski definition) is 5. The second-order valence-electron chi connectivity index (χ2n) is 17.6. The molecule has 16 nitrogen and oxygen atoms in total. The summed E-state index contributed by atoms with van der Waals surface area (Å²) < 4.78 is 21.6. The van der Waals surface area contributed by atoms with Gasteiger partial charge in [-0.15, -0.1) is 0 Å².